The SMILES string of the molecule is Cc1nnc(CN2CCC(OCc3ccccc3F)CC2)s1. The van der Waals surface area contributed by atoms with Crippen molar-refractivity contribution in [3.8, 4) is 0 Å². The highest BCUT2D eigenvalue weighted by Gasteiger charge is 2.21. The summed E-state index contributed by atoms with van der Waals surface area (Å²) in [6.45, 7) is 5.17. The molecule has 2 aromatic rings. The molecule has 2 heterocycles. The highest BCUT2D eigenvalue weighted by molar-refractivity contribution is 7.11. The van der Waals surface area contributed by atoms with Gasteiger partial charge in [-0.3, -0.25) is 4.90 Å². The summed E-state index contributed by atoms with van der Waals surface area (Å²) in [5, 5.41) is 10.3. The van der Waals surface area contributed by atoms with Crippen LogP contribution in [0.15, 0.2) is 24.3 Å². The Hall–Kier alpha value is -1.37. The summed E-state index contributed by atoms with van der Waals surface area (Å²) in [6.07, 6.45) is 2.17. The van der Waals surface area contributed by atoms with Crippen LogP contribution in [0.25, 0.3) is 0 Å². The summed E-state index contributed by atoms with van der Waals surface area (Å²) in [5.41, 5.74) is 0.634. The highest BCUT2D eigenvalue weighted by atomic mass is 32.1. The standard InChI is InChI=1S/C16H20FN3OS/c1-12-18-19-16(22-12)10-20-8-6-14(7-9-20)21-11-13-4-2-3-5-15(13)17/h2-5,14H,6-11H2,1H3. The zero-order chi connectivity index (χ0) is 15.4. The Labute approximate surface area is 133 Å². The zero-order valence-corrected chi connectivity index (χ0v) is 13.5. The molecule has 1 fully saturated rings. The lowest BCUT2D eigenvalue weighted by Gasteiger charge is -2.31. The van der Waals surface area contributed by atoms with Crippen molar-refractivity contribution in [1.29, 1.82) is 0 Å². The van der Waals surface area contributed by atoms with Gasteiger partial charge < -0.3 is 4.74 Å². The quantitative estimate of drug-likeness (QED) is 0.848. The number of aryl methyl sites for hydroxylation is 1. The monoisotopic (exact) mass is 321 g/mol. The van der Waals surface area contributed by atoms with Gasteiger partial charge in [0.25, 0.3) is 0 Å². The summed E-state index contributed by atoms with van der Waals surface area (Å²) < 4.78 is 19.4. The van der Waals surface area contributed by atoms with Crippen LogP contribution in [0.2, 0.25) is 0 Å². The highest BCUT2D eigenvalue weighted by Crippen LogP contribution is 2.19. The molecule has 0 saturated carbocycles. The van der Waals surface area contributed by atoms with Crippen LogP contribution >= 0.6 is 11.3 Å². The fourth-order valence-corrected chi connectivity index (χ4v) is 3.40. The van der Waals surface area contributed by atoms with Crippen LogP contribution in [0, 0.1) is 12.7 Å². The number of nitrogens with zero attached hydrogens (tertiary/aromatic N) is 3. The van der Waals surface area contributed by atoms with Gasteiger partial charge in [-0.1, -0.05) is 18.2 Å². The average Bonchev–Trinajstić information content (AvgIpc) is 2.93. The molecule has 0 atom stereocenters. The van der Waals surface area contributed by atoms with Gasteiger partial charge in [-0.05, 0) is 25.8 Å². The van der Waals surface area contributed by atoms with Crippen LogP contribution in [0.1, 0.15) is 28.4 Å². The number of hydrogen-bond donors (Lipinski definition) is 0. The molecule has 1 aromatic heterocycles. The second-order valence-corrected chi connectivity index (χ2v) is 6.86. The second kappa shape index (κ2) is 7.26. The normalized spacial score (nSPS) is 17.0. The minimum absolute atomic E-state index is 0.188. The molecular weight excluding hydrogens is 301 g/mol. The summed E-state index contributed by atoms with van der Waals surface area (Å²) >= 11 is 1.65. The van der Waals surface area contributed by atoms with Crippen molar-refractivity contribution < 1.29 is 9.13 Å². The van der Waals surface area contributed by atoms with E-state index in [0.29, 0.717) is 12.2 Å². The fraction of sp³-hybridized carbons (Fsp3) is 0.500. The summed E-state index contributed by atoms with van der Waals surface area (Å²) in [5.74, 6) is -0.188. The van der Waals surface area contributed by atoms with E-state index in [-0.39, 0.29) is 11.9 Å². The fourth-order valence-electron chi connectivity index (χ4n) is 2.65. The van der Waals surface area contributed by atoms with Crippen molar-refractivity contribution in [1.82, 2.24) is 15.1 Å². The first-order chi connectivity index (χ1) is 10.7. The Morgan fingerprint density at radius 2 is 2.05 bits per heavy atom. The topological polar surface area (TPSA) is 38.2 Å². The lowest BCUT2D eigenvalue weighted by molar-refractivity contribution is -0.00497. The maximum absolute atomic E-state index is 13.6. The summed E-state index contributed by atoms with van der Waals surface area (Å²) in [6, 6.07) is 6.80. The molecule has 118 valence electrons. The van der Waals surface area contributed by atoms with E-state index in [0.717, 1.165) is 42.5 Å². The Morgan fingerprint density at radius 1 is 1.27 bits per heavy atom. The van der Waals surface area contributed by atoms with E-state index >= 15 is 0 Å². The van der Waals surface area contributed by atoms with E-state index in [2.05, 4.69) is 15.1 Å². The van der Waals surface area contributed by atoms with E-state index < -0.39 is 0 Å². The van der Waals surface area contributed by atoms with Crippen molar-refractivity contribution >= 4 is 11.3 Å². The molecule has 0 radical (unpaired) electrons. The third kappa shape index (κ3) is 4.09. The second-order valence-electron chi connectivity index (χ2n) is 5.59. The molecule has 0 spiro atoms. The van der Waals surface area contributed by atoms with Crippen molar-refractivity contribution in [2.24, 2.45) is 0 Å². The third-order valence-electron chi connectivity index (χ3n) is 3.89. The van der Waals surface area contributed by atoms with Crippen LogP contribution in [-0.2, 0) is 17.9 Å². The average molecular weight is 321 g/mol. The van der Waals surface area contributed by atoms with Gasteiger partial charge in [0.15, 0.2) is 0 Å². The molecule has 0 bridgehead atoms. The Morgan fingerprint density at radius 3 is 2.73 bits per heavy atom. The minimum atomic E-state index is -0.188. The maximum atomic E-state index is 13.6. The molecule has 0 unspecified atom stereocenters. The van der Waals surface area contributed by atoms with Gasteiger partial charge in [-0.15, -0.1) is 21.5 Å². The van der Waals surface area contributed by atoms with Crippen LogP contribution < -0.4 is 0 Å². The lowest BCUT2D eigenvalue weighted by atomic mass is 10.1. The number of likely N-dealkylation sites (tertiary alicyclic amines) is 1. The minimum Gasteiger partial charge on any atom is -0.373 e. The van der Waals surface area contributed by atoms with Crippen LogP contribution in [0.4, 0.5) is 4.39 Å². The van der Waals surface area contributed by atoms with E-state index in [4.69, 9.17) is 4.74 Å². The molecule has 0 N–H and O–H groups in total. The van der Waals surface area contributed by atoms with Crippen molar-refractivity contribution in [2.75, 3.05) is 13.1 Å². The predicted octanol–water partition coefficient (Wildman–Crippen LogP) is 3.17. The van der Waals surface area contributed by atoms with E-state index in [1.165, 1.54) is 6.07 Å². The molecule has 1 aliphatic heterocycles. The molecule has 0 aliphatic carbocycles. The zero-order valence-electron chi connectivity index (χ0n) is 12.7. The number of halogens is 1. The number of aromatic nitrogens is 2. The van der Waals surface area contributed by atoms with Gasteiger partial charge in [-0.25, -0.2) is 4.39 Å². The summed E-state index contributed by atoms with van der Waals surface area (Å²) in [7, 11) is 0. The van der Waals surface area contributed by atoms with Gasteiger partial charge >= 0.3 is 0 Å². The van der Waals surface area contributed by atoms with E-state index in [9.17, 15) is 4.39 Å². The van der Waals surface area contributed by atoms with Gasteiger partial charge in [0.05, 0.1) is 19.3 Å². The molecule has 22 heavy (non-hydrogen) atoms. The smallest absolute Gasteiger partial charge is 0.131 e. The van der Waals surface area contributed by atoms with Gasteiger partial charge in [-0.2, -0.15) is 0 Å². The molecule has 0 amide bonds. The molecule has 1 aromatic carbocycles. The van der Waals surface area contributed by atoms with Gasteiger partial charge in [0, 0.05) is 18.7 Å². The molecule has 3 rings (SSSR count). The molecule has 1 saturated heterocycles. The van der Waals surface area contributed by atoms with Crippen LogP contribution in [-0.4, -0.2) is 34.3 Å². The third-order valence-corrected chi connectivity index (χ3v) is 4.72. The first kappa shape index (κ1) is 15.5. The van der Waals surface area contributed by atoms with Gasteiger partial charge in [0.1, 0.15) is 15.8 Å². The Kier molecular flexibility index (Phi) is 5.12. The number of rotatable bonds is 5. The van der Waals surface area contributed by atoms with Crippen molar-refractivity contribution in [3.63, 3.8) is 0 Å². The Bertz CT molecular complexity index is 611. The van der Waals surface area contributed by atoms with E-state index in [1.807, 2.05) is 13.0 Å². The van der Waals surface area contributed by atoms with Crippen LogP contribution in [0.3, 0.4) is 0 Å². The first-order valence-electron chi connectivity index (χ1n) is 7.57. The summed E-state index contributed by atoms with van der Waals surface area (Å²) in [4.78, 5) is 2.38. The first-order valence-corrected chi connectivity index (χ1v) is 8.38. The van der Waals surface area contributed by atoms with Gasteiger partial charge in [0.2, 0.25) is 0 Å². The number of piperidine rings is 1. The number of hydrogen-bond acceptors (Lipinski definition) is 5. The molecular formula is C16H20FN3OS. The number of ether oxygens (including phenoxy) is 1. The maximum Gasteiger partial charge on any atom is 0.131 e. The Balaban J connectivity index is 1.43. The molecule has 4 nitrogen and oxygen atoms in total. The van der Waals surface area contributed by atoms with Crippen LogP contribution in [0.5, 0.6) is 0 Å². The lowest BCUT2D eigenvalue weighted by Crippen LogP contribution is -2.36. The van der Waals surface area contributed by atoms with E-state index in [1.54, 1.807) is 23.5 Å². The predicted molar refractivity (Wildman–Crippen MR) is 84.1 cm³/mol. The van der Waals surface area contributed by atoms with Crippen molar-refractivity contribution in [2.45, 2.75) is 39.0 Å². The molecule has 6 heteroatoms. The van der Waals surface area contributed by atoms with Crippen molar-refractivity contribution in [3.05, 3.63) is 45.7 Å². The largest absolute Gasteiger partial charge is 0.373 e. The molecule has 1 aliphatic rings. The number of benzene rings is 1.